The number of β-amino-alcohol motifs (C(OH)–C–C–N with tert-alkyl or cyclic N) is 1. The number of nitrogens with zero attached hydrogens (tertiary/aromatic N) is 1. The molecule has 0 saturated carbocycles. The van der Waals surface area contributed by atoms with Gasteiger partial charge in [-0.05, 0) is 57.2 Å². The number of benzene rings is 1. The largest absolute Gasteiger partial charge is 0.508 e. The Morgan fingerprint density at radius 2 is 1.61 bits per heavy atom. The van der Waals surface area contributed by atoms with Crippen molar-refractivity contribution in [1.82, 2.24) is 15.6 Å². The van der Waals surface area contributed by atoms with Gasteiger partial charge in [0.05, 0.1) is 12.3 Å². The molecular weight excluding hydrogens is 426 g/mol. The van der Waals surface area contributed by atoms with E-state index in [1.54, 1.807) is 30.3 Å². The lowest BCUT2D eigenvalue weighted by atomic mass is 10.1. The van der Waals surface area contributed by atoms with Gasteiger partial charge in [0.25, 0.3) is 0 Å². The van der Waals surface area contributed by atoms with Gasteiger partial charge in [-0.15, -0.1) is 0 Å². The lowest BCUT2D eigenvalue weighted by Crippen LogP contribution is -2.38. The van der Waals surface area contributed by atoms with Crippen LogP contribution in [0.25, 0.3) is 0 Å². The van der Waals surface area contributed by atoms with E-state index in [2.05, 4.69) is 15.6 Å². The molecule has 9 heteroatoms. The maximum atomic E-state index is 9.91. The summed E-state index contributed by atoms with van der Waals surface area (Å²) >= 11 is 0. The summed E-state index contributed by atoms with van der Waals surface area (Å²) in [6.07, 6.45) is -1.30. The summed E-state index contributed by atoms with van der Waals surface area (Å²) < 4.78 is 5.35. The second-order valence-corrected chi connectivity index (χ2v) is 9.03. The van der Waals surface area contributed by atoms with E-state index in [0.29, 0.717) is 30.6 Å². The second kappa shape index (κ2) is 14.0. The van der Waals surface area contributed by atoms with Crippen LogP contribution in [0.15, 0.2) is 36.4 Å². The maximum Gasteiger partial charge on any atom is 0.139 e. The van der Waals surface area contributed by atoms with E-state index in [-0.39, 0.29) is 35.9 Å². The number of phenols is 1. The SMILES string of the molecule is CC(C)(C)NCC(O)c1ccc(O)c(CO)n1.CC(C)NC[C@H](O)COc1ccc(O)cc1. The lowest BCUT2D eigenvalue weighted by Gasteiger charge is -2.22. The molecule has 0 radical (unpaired) electrons. The van der Waals surface area contributed by atoms with Crippen LogP contribution in [0.3, 0.4) is 0 Å². The third-order valence-corrected chi connectivity index (χ3v) is 4.33. The Hall–Kier alpha value is -2.43. The fourth-order valence-corrected chi connectivity index (χ4v) is 2.49. The zero-order valence-corrected chi connectivity index (χ0v) is 20.1. The van der Waals surface area contributed by atoms with Gasteiger partial charge in [-0.1, -0.05) is 13.8 Å². The van der Waals surface area contributed by atoms with Crippen molar-refractivity contribution in [3.05, 3.63) is 47.8 Å². The molecule has 1 unspecified atom stereocenters. The lowest BCUT2D eigenvalue weighted by molar-refractivity contribution is 0.104. The van der Waals surface area contributed by atoms with Crippen molar-refractivity contribution in [1.29, 1.82) is 0 Å². The number of hydrogen-bond acceptors (Lipinski definition) is 9. The van der Waals surface area contributed by atoms with Crippen LogP contribution < -0.4 is 15.4 Å². The zero-order valence-electron chi connectivity index (χ0n) is 20.1. The highest BCUT2D eigenvalue weighted by Crippen LogP contribution is 2.19. The zero-order chi connectivity index (χ0) is 25.0. The molecule has 1 aromatic heterocycles. The van der Waals surface area contributed by atoms with Crippen LogP contribution in [0, 0.1) is 0 Å². The molecule has 0 spiro atoms. The van der Waals surface area contributed by atoms with E-state index in [1.807, 2.05) is 34.6 Å². The highest BCUT2D eigenvalue weighted by Gasteiger charge is 2.15. The molecule has 0 amide bonds. The van der Waals surface area contributed by atoms with Gasteiger partial charge in [0.15, 0.2) is 0 Å². The first-order valence-corrected chi connectivity index (χ1v) is 11.0. The predicted molar refractivity (Wildman–Crippen MR) is 127 cm³/mol. The molecule has 2 atom stereocenters. The summed E-state index contributed by atoms with van der Waals surface area (Å²) in [6, 6.07) is 9.75. The standard InChI is InChI=1S/C12H20N2O3.C12H19NO3/c1-12(2,3)13-6-11(17)8-4-5-10(16)9(7-15)14-8;1-9(2)13-7-11(15)8-16-12-5-3-10(14)4-6-12/h4-5,11,13,15-17H,6-7H2,1-3H3;3-6,9,11,13-15H,7-8H2,1-2H3/t;11-/m.0/s1. The quantitative estimate of drug-likeness (QED) is 0.279. The molecule has 0 aliphatic carbocycles. The summed E-state index contributed by atoms with van der Waals surface area (Å²) in [7, 11) is 0. The number of hydrogen-bond donors (Lipinski definition) is 7. The van der Waals surface area contributed by atoms with Crippen LogP contribution in [0.4, 0.5) is 0 Å². The Labute approximate surface area is 196 Å². The summed E-state index contributed by atoms with van der Waals surface area (Å²) in [4.78, 5) is 4.00. The van der Waals surface area contributed by atoms with Gasteiger partial charge in [0.1, 0.15) is 41.8 Å². The number of aromatic nitrogens is 1. The number of pyridine rings is 1. The second-order valence-electron chi connectivity index (χ2n) is 9.03. The van der Waals surface area contributed by atoms with Crippen LogP contribution in [0.2, 0.25) is 0 Å². The van der Waals surface area contributed by atoms with Crippen LogP contribution in [-0.4, -0.2) is 67.9 Å². The molecule has 0 aliphatic rings. The maximum absolute atomic E-state index is 9.91. The molecule has 0 bridgehead atoms. The molecule has 1 aromatic carbocycles. The van der Waals surface area contributed by atoms with Gasteiger partial charge in [-0.3, -0.25) is 0 Å². The molecule has 33 heavy (non-hydrogen) atoms. The van der Waals surface area contributed by atoms with Gasteiger partial charge in [0.2, 0.25) is 0 Å². The van der Waals surface area contributed by atoms with E-state index < -0.39 is 12.2 Å². The van der Waals surface area contributed by atoms with E-state index in [4.69, 9.17) is 14.9 Å². The van der Waals surface area contributed by atoms with Crippen LogP contribution >= 0.6 is 0 Å². The molecule has 7 N–H and O–H groups in total. The normalized spacial score (nSPS) is 13.2. The van der Waals surface area contributed by atoms with Crippen molar-refractivity contribution < 1.29 is 30.3 Å². The summed E-state index contributed by atoms with van der Waals surface area (Å²) in [5.74, 6) is 0.781. The first kappa shape index (κ1) is 28.6. The van der Waals surface area contributed by atoms with Gasteiger partial charge >= 0.3 is 0 Å². The molecule has 1 heterocycles. The number of aromatic hydroxyl groups is 2. The summed E-state index contributed by atoms with van der Waals surface area (Å²) in [5.41, 5.74) is 0.526. The van der Waals surface area contributed by atoms with Crippen molar-refractivity contribution in [2.45, 2.75) is 65.0 Å². The minimum absolute atomic E-state index is 0.0627. The minimum Gasteiger partial charge on any atom is -0.508 e. The van der Waals surface area contributed by atoms with Crippen LogP contribution in [0.1, 0.15) is 52.1 Å². The Balaban J connectivity index is 0.000000331. The highest BCUT2D eigenvalue weighted by atomic mass is 16.5. The van der Waals surface area contributed by atoms with Gasteiger partial charge < -0.3 is 40.9 Å². The van der Waals surface area contributed by atoms with Gasteiger partial charge in [0, 0.05) is 24.7 Å². The van der Waals surface area contributed by atoms with Crippen LogP contribution in [0.5, 0.6) is 17.2 Å². The molecule has 186 valence electrons. The average Bonchev–Trinajstić information content (AvgIpc) is 2.76. The summed E-state index contributed by atoms with van der Waals surface area (Å²) in [5, 5.41) is 53.1. The van der Waals surface area contributed by atoms with Crippen molar-refractivity contribution in [3.8, 4) is 17.2 Å². The third kappa shape index (κ3) is 12.4. The predicted octanol–water partition coefficient (Wildman–Crippen LogP) is 1.83. The number of aliphatic hydroxyl groups excluding tert-OH is 3. The number of phenolic OH excluding ortho intramolecular Hbond substituents is 1. The minimum atomic E-state index is -0.764. The smallest absolute Gasteiger partial charge is 0.139 e. The first-order chi connectivity index (χ1) is 15.4. The van der Waals surface area contributed by atoms with Crippen molar-refractivity contribution in [3.63, 3.8) is 0 Å². The molecule has 0 fully saturated rings. The molecule has 0 aliphatic heterocycles. The van der Waals surface area contributed by atoms with Crippen LogP contribution in [-0.2, 0) is 6.61 Å². The van der Waals surface area contributed by atoms with Crippen molar-refractivity contribution in [2.24, 2.45) is 0 Å². The summed E-state index contributed by atoms with van der Waals surface area (Å²) in [6.45, 7) is 10.8. The number of rotatable bonds is 10. The van der Waals surface area contributed by atoms with Gasteiger partial charge in [-0.2, -0.15) is 0 Å². The average molecular weight is 466 g/mol. The monoisotopic (exact) mass is 465 g/mol. The molecule has 9 nitrogen and oxygen atoms in total. The topological polar surface area (TPSA) is 147 Å². The van der Waals surface area contributed by atoms with Crippen molar-refractivity contribution in [2.75, 3.05) is 19.7 Å². The van der Waals surface area contributed by atoms with E-state index >= 15 is 0 Å². The molecule has 0 saturated heterocycles. The van der Waals surface area contributed by atoms with Crippen molar-refractivity contribution >= 4 is 0 Å². The van der Waals surface area contributed by atoms with Gasteiger partial charge in [-0.25, -0.2) is 4.98 Å². The highest BCUT2D eigenvalue weighted by molar-refractivity contribution is 5.30. The Morgan fingerprint density at radius 3 is 2.15 bits per heavy atom. The molecule has 2 rings (SSSR count). The molecule has 2 aromatic rings. The number of ether oxygens (including phenoxy) is 1. The Morgan fingerprint density at radius 1 is 0.970 bits per heavy atom. The fourth-order valence-electron chi connectivity index (χ4n) is 2.49. The van der Waals surface area contributed by atoms with E-state index in [1.165, 1.54) is 6.07 Å². The molecular formula is C24H39N3O6. The van der Waals surface area contributed by atoms with E-state index in [9.17, 15) is 15.3 Å². The Kier molecular flexibility index (Phi) is 12.1. The third-order valence-electron chi connectivity index (χ3n) is 4.33. The first-order valence-electron chi connectivity index (χ1n) is 11.0. The van der Waals surface area contributed by atoms with E-state index in [0.717, 1.165) is 0 Å². The Bertz CT molecular complexity index is 809. The fraction of sp³-hybridized carbons (Fsp3) is 0.542. The number of nitrogens with one attached hydrogen (secondary N) is 2. The number of aliphatic hydroxyl groups is 3.